The van der Waals surface area contributed by atoms with Crippen molar-refractivity contribution >= 4 is 5.97 Å². The first-order chi connectivity index (χ1) is 7.11. The molecule has 0 aromatic heterocycles. The van der Waals surface area contributed by atoms with Gasteiger partial charge in [0.25, 0.3) is 0 Å². The molecule has 1 aliphatic rings. The molecule has 0 aromatic carbocycles. The average molecular weight is 213 g/mol. The van der Waals surface area contributed by atoms with Crippen molar-refractivity contribution in [2.45, 2.75) is 52.6 Å². The predicted octanol–water partition coefficient (Wildman–Crippen LogP) is 2.06. The molecule has 0 N–H and O–H groups in total. The van der Waals surface area contributed by atoms with E-state index in [0.29, 0.717) is 18.6 Å². The van der Waals surface area contributed by atoms with Gasteiger partial charge in [-0.3, -0.25) is 9.69 Å². The Morgan fingerprint density at radius 1 is 1.40 bits per heavy atom. The first-order valence-corrected chi connectivity index (χ1v) is 6.04. The minimum Gasteiger partial charge on any atom is -0.465 e. The van der Waals surface area contributed by atoms with Crippen LogP contribution in [0.4, 0.5) is 0 Å². The molecule has 3 unspecified atom stereocenters. The highest BCUT2D eigenvalue weighted by molar-refractivity contribution is 5.80. The maximum atomic E-state index is 11.6. The molecule has 3 nitrogen and oxygen atoms in total. The highest BCUT2D eigenvalue weighted by Crippen LogP contribution is 2.33. The van der Waals surface area contributed by atoms with Gasteiger partial charge < -0.3 is 4.74 Å². The number of carbonyl (C=O) groups excluding carboxylic acids is 1. The zero-order chi connectivity index (χ0) is 11.4. The monoisotopic (exact) mass is 213 g/mol. The number of rotatable bonds is 6. The molecule has 1 aliphatic heterocycles. The molecular weight excluding hydrogens is 190 g/mol. The minimum absolute atomic E-state index is 0.0309. The van der Waals surface area contributed by atoms with Gasteiger partial charge in [-0.2, -0.15) is 0 Å². The van der Waals surface area contributed by atoms with Crippen LogP contribution in [0, 0.1) is 5.92 Å². The van der Waals surface area contributed by atoms with E-state index >= 15 is 0 Å². The summed E-state index contributed by atoms with van der Waals surface area (Å²) in [7, 11) is 0. The van der Waals surface area contributed by atoms with E-state index < -0.39 is 0 Å². The summed E-state index contributed by atoms with van der Waals surface area (Å²) in [5.41, 5.74) is 0. The Bertz CT molecular complexity index is 216. The van der Waals surface area contributed by atoms with Crippen LogP contribution in [-0.2, 0) is 9.53 Å². The third-order valence-electron chi connectivity index (χ3n) is 2.75. The Morgan fingerprint density at radius 2 is 2.07 bits per heavy atom. The maximum Gasteiger partial charge on any atom is 0.324 e. The van der Waals surface area contributed by atoms with Gasteiger partial charge in [-0.05, 0) is 19.3 Å². The van der Waals surface area contributed by atoms with E-state index in [1.807, 2.05) is 6.92 Å². The second-order valence-electron chi connectivity index (χ2n) is 4.64. The lowest BCUT2D eigenvalue weighted by molar-refractivity contribution is -0.143. The van der Waals surface area contributed by atoms with Gasteiger partial charge in [0.2, 0.25) is 0 Å². The molecule has 0 amide bonds. The fourth-order valence-corrected chi connectivity index (χ4v) is 2.14. The minimum atomic E-state index is -0.0309. The second-order valence-corrected chi connectivity index (χ2v) is 4.64. The number of nitrogens with zero attached hydrogens (tertiary/aromatic N) is 1. The normalized spacial score (nSPS) is 29.3. The summed E-state index contributed by atoms with van der Waals surface area (Å²) in [4.78, 5) is 13.9. The number of hydrogen-bond donors (Lipinski definition) is 0. The van der Waals surface area contributed by atoms with Gasteiger partial charge in [-0.15, -0.1) is 0 Å². The Morgan fingerprint density at radius 3 is 2.53 bits per heavy atom. The largest absolute Gasteiger partial charge is 0.465 e. The van der Waals surface area contributed by atoms with Gasteiger partial charge in [-0.1, -0.05) is 27.2 Å². The molecule has 1 fully saturated rings. The second kappa shape index (κ2) is 5.50. The molecule has 3 atom stereocenters. The molecule has 15 heavy (non-hydrogen) atoms. The van der Waals surface area contributed by atoms with Crippen molar-refractivity contribution in [3.63, 3.8) is 0 Å². The first-order valence-electron chi connectivity index (χ1n) is 6.04. The average Bonchev–Trinajstić information content (AvgIpc) is 2.78. The van der Waals surface area contributed by atoms with Crippen molar-refractivity contribution in [1.82, 2.24) is 4.90 Å². The molecule has 0 bridgehead atoms. The van der Waals surface area contributed by atoms with Gasteiger partial charge in [0.05, 0.1) is 6.61 Å². The maximum absolute atomic E-state index is 11.6. The van der Waals surface area contributed by atoms with Gasteiger partial charge >= 0.3 is 5.97 Å². The highest BCUT2D eigenvalue weighted by atomic mass is 16.5. The molecule has 0 saturated carbocycles. The molecule has 3 heteroatoms. The molecule has 1 heterocycles. The first kappa shape index (κ1) is 12.5. The van der Waals surface area contributed by atoms with Crippen LogP contribution in [0.3, 0.4) is 0 Å². The molecule has 0 spiro atoms. The van der Waals surface area contributed by atoms with Crippen molar-refractivity contribution in [2.75, 3.05) is 13.2 Å². The molecule has 0 aliphatic carbocycles. The standard InChI is InChI=1S/C12H23NO2/c1-5-7-10-11(12(14)15-6-2)13(10)8-9(3)4/h9-11H,5-8H2,1-4H3. The van der Waals surface area contributed by atoms with Gasteiger partial charge in [-0.25, -0.2) is 0 Å². The van der Waals surface area contributed by atoms with E-state index in [-0.39, 0.29) is 12.0 Å². The topological polar surface area (TPSA) is 29.3 Å². The van der Waals surface area contributed by atoms with Crippen LogP contribution < -0.4 is 0 Å². The van der Waals surface area contributed by atoms with Crippen molar-refractivity contribution < 1.29 is 9.53 Å². The van der Waals surface area contributed by atoms with E-state index in [4.69, 9.17) is 4.74 Å². The van der Waals surface area contributed by atoms with Crippen LogP contribution in [0.5, 0.6) is 0 Å². The predicted molar refractivity (Wildman–Crippen MR) is 60.7 cm³/mol. The summed E-state index contributed by atoms with van der Waals surface area (Å²) in [5, 5.41) is 0. The molecule has 1 rings (SSSR count). The zero-order valence-electron chi connectivity index (χ0n) is 10.3. The molecule has 0 aromatic rings. The summed E-state index contributed by atoms with van der Waals surface area (Å²) in [6.45, 7) is 9.89. The van der Waals surface area contributed by atoms with Crippen molar-refractivity contribution in [3.8, 4) is 0 Å². The van der Waals surface area contributed by atoms with E-state index in [9.17, 15) is 4.79 Å². The highest BCUT2D eigenvalue weighted by Gasteiger charge is 2.52. The van der Waals surface area contributed by atoms with Crippen LogP contribution in [0.15, 0.2) is 0 Å². The quantitative estimate of drug-likeness (QED) is 0.499. The van der Waals surface area contributed by atoms with E-state index in [1.54, 1.807) is 0 Å². The summed E-state index contributed by atoms with van der Waals surface area (Å²) in [5.74, 6) is 0.584. The fourth-order valence-electron chi connectivity index (χ4n) is 2.14. The Labute approximate surface area is 92.8 Å². The van der Waals surface area contributed by atoms with Crippen molar-refractivity contribution in [1.29, 1.82) is 0 Å². The molecule has 0 radical (unpaired) electrons. The van der Waals surface area contributed by atoms with Gasteiger partial charge in [0, 0.05) is 12.6 Å². The Kier molecular flexibility index (Phi) is 4.58. The lowest BCUT2D eigenvalue weighted by Gasteiger charge is -2.06. The summed E-state index contributed by atoms with van der Waals surface area (Å²) >= 11 is 0. The van der Waals surface area contributed by atoms with Crippen molar-refractivity contribution in [2.24, 2.45) is 5.92 Å². The van der Waals surface area contributed by atoms with Crippen LogP contribution in [0.2, 0.25) is 0 Å². The third-order valence-corrected chi connectivity index (χ3v) is 2.75. The Balaban J connectivity index is 2.45. The van der Waals surface area contributed by atoms with Crippen LogP contribution in [0.25, 0.3) is 0 Å². The lowest BCUT2D eigenvalue weighted by atomic mass is 10.2. The fraction of sp³-hybridized carbons (Fsp3) is 0.917. The SMILES string of the molecule is CCCC1C(C(=O)OCC)N1CC(C)C. The van der Waals surface area contributed by atoms with Gasteiger partial charge in [0.15, 0.2) is 0 Å². The lowest BCUT2D eigenvalue weighted by Crippen LogP contribution is -2.18. The van der Waals surface area contributed by atoms with Gasteiger partial charge in [0.1, 0.15) is 6.04 Å². The number of carbonyl (C=O) groups is 1. The van der Waals surface area contributed by atoms with Crippen LogP contribution in [-0.4, -0.2) is 36.1 Å². The van der Waals surface area contributed by atoms with E-state index in [1.165, 1.54) is 0 Å². The zero-order valence-corrected chi connectivity index (χ0v) is 10.3. The van der Waals surface area contributed by atoms with E-state index in [2.05, 4.69) is 25.7 Å². The summed E-state index contributed by atoms with van der Waals surface area (Å²) < 4.78 is 5.07. The summed E-state index contributed by atoms with van der Waals surface area (Å²) in [6, 6.07) is 0.490. The molecule has 1 saturated heterocycles. The third kappa shape index (κ3) is 3.20. The number of ether oxygens (including phenoxy) is 1. The van der Waals surface area contributed by atoms with Crippen molar-refractivity contribution in [3.05, 3.63) is 0 Å². The molecule has 88 valence electrons. The van der Waals surface area contributed by atoms with Crippen LogP contribution in [0.1, 0.15) is 40.5 Å². The summed E-state index contributed by atoms with van der Waals surface area (Å²) in [6.07, 6.45) is 2.24. The van der Waals surface area contributed by atoms with E-state index in [0.717, 1.165) is 19.4 Å². The number of hydrogen-bond acceptors (Lipinski definition) is 3. The molecular formula is C12H23NO2. The Hall–Kier alpha value is -0.570. The number of esters is 1. The smallest absolute Gasteiger partial charge is 0.324 e. The van der Waals surface area contributed by atoms with Crippen LogP contribution >= 0.6 is 0 Å².